The maximum atomic E-state index is 11.0. The molecule has 0 amide bonds. The number of carbonyl (C=O) groups is 1. The lowest BCUT2D eigenvalue weighted by Gasteiger charge is -2.00. The molecule has 12 heavy (non-hydrogen) atoms. The molecule has 0 unspecified atom stereocenters. The lowest BCUT2D eigenvalue weighted by atomic mass is 10.1. The largest absolute Gasteiger partial charge is 0.864 e. The first-order valence-corrected chi connectivity index (χ1v) is 3.50. The molecule has 1 rings (SSSR count). The van der Waals surface area contributed by atoms with Crippen LogP contribution in [-0.2, 0) is 0 Å². The highest BCUT2D eigenvalue weighted by Crippen LogP contribution is 2.17. The van der Waals surface area contributed by atoms with Crippen molar-refractivity contribution < 1.29 is 9.90 Å². The van der Waals surface area contributed by atoms with Gasteiger partial charge in [0.15, 0.2) is 5.78 Å². The Bertz CT molecular complexity index is 318. The van der Waals surface area contributed by atoms with E-state index in [-0.39, 0.29) is 5.78 Å². The molecule has 62 valence electrons. The van der Waals surface area contributed by atoms with Gasteiger partial charge in [0.2, 0.25) is 0 Å². The molecule has 0 aliphatic carbocycles. The fraction of sp³-hybridized carbons (Fsp3) is 0.111. The zero-order chi connectivity index (χ0) is 8.97. The van der Waals surface area contributed by atoms with Gasteiger partial charge < -0.3 is 5.11 Å². The Morgan fingerprint density at radius 3 is 2.75 bits per heavy atom. The summed E-state index contributed by atoms with van der Waals surface area (Å²) in [5, 5.41) is 10.1. The van der Waals surface area contributed by atoms with Gasteiger partial charge in [0, 0.05) is 5.56 Å². The number of rotatable bonds is 2. The Balaban J connectivity index is 3.17. The number of benzene rings is 1. The molecule has 0 spiro atoms. The normalized spacial score (nSPS) is 10.4. The van der Waals surface area contributed by atoms with Gasteiger partial charge in [-0.25, -0.2) is 0 Å². The van der Waals surface area contributed by atoms with Gasteiger partial charge in [-0.05, 0) is 19.1 Å². The third-order valence-corrected chi connectivity index (χ3v) is 1.48. The molecule has 0 fully saturated rings. The second-order valence-electron chi connectivity index (χ2n) is 2.31. The average molecular weight is 162 g/mol. The predicted molar refractivity (Wildman–Crippen MR) is 44.6 cm³/mol. The smallest absolute Gasteiger partial charge is 0.161 e. The summed E-state index contributed by atoms with van der Waals surface area (Å²) in [7, 11) is 0. The van der Waals surface area contributed by atoms with E-state index in [2.05, 4.69) is 4.99 Å². The third-order valence-electron chi connectivity index (χ3n) is 1.48. The van der Waals surface area contributed by atoms with Gasteiger partial charge in [-0.2, -0.15) is 0 Å². The number of nitrogens with zero attached hydrogens (tertiary/aromatic N) is 1. The molecule has 0 N–H and O–H groups in total. The summed E-state index contributed by atoms with van der Waals surface area (Å²) < 4.78 is 0. The zero-order valence-electron chi connectivity index (χ0n) is 6.65. The fourth-order valence-corrected chi connectivity index (χ4v) is 0.941. The summed E-state index contributed by atoms with van der Waals surface area (Å²) in [6.45, 7) is 1.44. The van der Waals surface area contributed by atoms with Crippen LogP contribution in [0.2, 0.25) is 0 Å². The van der Waals surface area contributed by atoms with Crippen LogP contribution in [0, 0.1) is 0 Å². The summed E-state index contributed by atoms with van der Waals surface area (Å²) in [5.74, 6) is -0.0869. The Morgan fingerprint density at radius 2 is 2.17 bits per heavy atom. The molecular formula is C9H8NO2-. The molecule has 0 aliphatic rings. The molecule has 3 nitrogen and oxygen atoms in total. The number of hydrogen-bond acceptors (Lipinski definition) is 3. The van der Waals surface area contributed by atoms with Crippen molar-refractivity contribution in [3.8, 4) is 0 Å². The molecule has 0 bridgehead atoms. The Morgan fingerprint density at radius 1 is 1.50 bits per heavy atom. The summed E-state index contributed by atoms with van der Waals surface area (Å²) >= 11 is 0. The van der Waals surface area contributed by atoms with Gasteiger partial charge in [-0.3, -0.25) is 9.79 Å². The minimum Gasteiger partial charge on any atom is -0.864 e. The highest BCUT2D eigenvalue weighted by molar-refractivity contribution is 5.99. The van der Waals surface area contributed by atoms with Crippen molar-refractivity contribution in [3.05, 3.63) is 29.8 Å². The zero-order valence-corrected chi connectivity index (χ0v) is 6.65. The van der Waals surface area contributed by atoms with Crippen LogP contribution in [0.1, 0.15) is 17.3 Å². The van der Waals surface area contributed by atoms with E-state index in [0.29, 0.717) is 17.7 Å². The van der Waals surface area contributed by atoms with E-state index < -0.39 is 0 Å². The van der Waals surface area contributed by atoms with Crippen LogP contribution in [-0.4, -0.2) is 12.2 Å². The molecule has 3 heteroatoms. The molecule has 0 aliphatic heterocycles. The van der Waals surface area contributed by atoms with Gasteiger partial charge >= 0.3 is 0 Å². The first-order chi connectivity index (χ1) is 5.75. The predicted octanol–water partition coefficient (Wildman–Crippen LogP) is 0.909. The molecule has 0 atom stereocenters. The second kappa shape index (κ2) is 3.67. The van der Waals surface area contributed by atoms with E-state index in [1.54, 1.807) is 24.3 Å². The van der Waals surface area contributed by atoms with Crippen LogP contribution < -0.4 is 5.11 Å². The van der Waals surface area contributed by atoms with Crippen LogP contribution in [0.25, 0.3) is 0 Å². The van der Waals surface area contributed by atoms with Gasteiger partial charge in [0.05, 0.1) is 5.69 Å². The fourth-order valence-electron chi connectivity index (χ4n) is 0.941. The highest BCUT2D eigenvalue weighted by Gasteiger charge is 2.02. The van der Waals surface area contributed by atoms with Crippen molar-refractivity contribution in [1.29, 1.82) is 0 Å². The SMILES string of the molecule is CC(=O)c1ccccc1N=C[O-]. The van der Waals surface area contributed by atoms with Gasteiger partial charge in [-0.15, -0.1) is 0 Å². The molecule has 0 saturated heterocycles. The van der Waals surface area contributed by atoms with Crippen LogP contribution in [0.3, 0.4) is 0 Å². The lowest BCUT2D eigenvalue weighted by Crippen LogP contribution is -1.97. The molecular weight excluding hydrogens is 154 g/mol. The summed E-state index contributed by atoms with van der Waals surface area (Å²) in [5.41, 5.74) is 0.907. The van der Waals surface area contributed by atoms with Gasteiger partial charge in [0.25, 0.3) is 0 Å². The second-order valence-corrected chi connectivity index (χ2v) is 2.31. The van der Waals surface area contributed by atoms with Crippen molar-refractivity contribution in [2.45, 2.75) is 6.92 Å². The molecule has 0 heterocycles. The van der Waals surface area contributed by atoms with E-state index in [0.717, 1.165) is 0 Å². The van der Waals surface area contributed by atoms with Crippen LogP contribution >= 0.6 is 0 Å². The van der Waals surface area contributed by atoms with Crippen molar-refractivity contribution in [2.75, 3.05) is 0 Å². The molecule has 1 aromatic carbocycles. The Labute approximate surface area is 70.4 Å². The van der Waals surface area contributed by atoms with E-state index in [1.807, 2.05) is 0 Å². The number of carbonyl (C=O) groups excluding carboxylic acids is 1. The first-order valence-electron chi connectivity index (χ1n) is 3.50. The first kappa shape index (κ1) is 8.46. The van der Waals surface area contributed by atoms with E-state index >= 15 is 0 Å². The quantitative estimate of drug-likeness (QED) is 0.368. The van der Waals surface area contributed by atoms with E-state index in [9.17, 15) is 9.90 Å². The number of hydrogen-bond donors (Lipinski definition) is 0. The third kappa shape index (κ3) is 1.69. The number of Topliss-reactive ketones (excluding diaryl/α,β-unsaturated/α-hetero) is 1. The minimum atomic E-state index is -0.0869. The summed E-state index contributed by atoms with van der Waals surface area (Å²) in [6.07, 6.45) is 0.432. The standard InChI is InChI=1S/C9H9NO2/c1-7(12)8-4-2-3-5-9(8)10-6-11/h2-6H,1H3,(H,10,11)/p-1. The van der Waals surface area contributed by atoms with Gasteiger partial charge in [0.1, 0.15) is 0 Å². The number of para-hydroxylation sites is 1. The van der Waals surface area contributed by atoms with Gasteiger partial charge in [-0.1, -0.05) is 18.5 Å². The van der Waals surface area contributed by atoms with Crippen molar-refractivity contribution >= 4 is 17.9 Å². The number of ketones is 1. The van der Waals surface area contributed by atoms with E-state index in [4.69, 9.17) is 0 Å². The molecule has 0 saturated carbocycles. The molecule has 0 radical (unpaired) electrons. The Hall–Kier alpha value is -1.64. The summed E-state index contributed by atoms with van der Waals surface area (Å²) in [6, 6.07) is 6.74. The maximum absolute atomic E-state index is 11.0. The van der Waals surface area contributed by atoms with Crippen LogP contribution in [0.5, 0.6) is 0 Å². The van der Waals surface area contributed by atoms with Crippen LogP contribution in [0.4, 0.5) is 5.69 Å². The topological polar surface area (TPSA) is 52.5 Å². The van der Waals surface area contributed by atoms with Crippen molar-refractivity contribution in [2.24, 2.45) is 4.99 Å². The monoisotopic (exact) mass is 162 g/mol. The van der Waals surface area contributed by atoms with Crippen molar-refractivity contribution in [3.63, 3.8) is 0 Å². The van der Waals surface area contributed by atoms with E-state index in [1.165, 1.54) is 6.92 Å². The maximum Gasteiger partial charge on any atom is 0.161 e. The summed E-state index contributed by atoms with van der Waals surface area (Å²) in [4.78, 5) is 14.5. The lowest BCUT2D eigenvalue weighted by molar-refractivity contribution is -0.200. The Kier molecular flexibility index (Phi) is 2.58. The molecule has 1 aromatic rings. The molecule has 0 aromatic heterocycles. The van der Waals surface area contributed by atoms with Crippen molar-refractivity contribution in [1.82, 2.24) is 0 Å². The minimum absolute atomic E-state index is 0.0869. The van der Waals surface area contributed by atoms with Crippen LogP contribution in [0.15, 0.2) is 29.3 Å². The average Bonchev–Trinajstić information content (AvgIpc) is 2.05. The number of aliphatic imine (C=N–C) groups is 1. The highest BCUT2D eigenvalue weighted by atomic mass is 16.3.